The molecular weight excluding hydrogens is 941 g/mol. The molecule has 1 unspecified atom stereocenters. The highest BCUT2D eigenvalue weighted by Crippen LogP contribution is 2.52. The minimum Gasteiger partial charge on any atom is -0.483 e. The molecule has 0 fully saturated rings. The Balaban J connectivity index is 0.794. The molecule has 0 bridgehead atoms. The van der Waals surface area contributed by atoms with Gasteiger partial charge in [0.1, 0.15) is 64.4 Å². The van der Waals surface area contributed by atoms with Crippen molar-refractivity contribution in [1.29, 1.82) is 21.0 Å². The molecule has 1 aliphatic rings. The minimum atomic E-state index is -3.85. The molecule has 0 heterocycles. The molecule has 10 nitrogen and oxygen atoms in total. The maximum Gasteiger partial charge on any atom is 0.206 e. The van der Waals surface area contributed by atoms with Gasteiger partial charge in [0.05, 0.1) is 32.0 Å². The number of nitrogens with zero attached hydrogens (tertiary/aromatic N) is 4. The topological polar surface area (TPSA) is 166 Å². The van der Waals surface area contributed by atoms with E-state index in [1.54, 1.807) is 84.9 Å². The zero-order valence-corrected chi connectivity index (χ0v) is 42.7. The molecule has 11 heteroatoms. The fraction of sp³-hybridized carbons (Fsp3) is 0.175. The van der Waals surface area contributed by atoms with Crippen LogP contribution in [-0.4, -0.2) is 8.42 Å². The van der Waals surface area contributed by atoms with Gasteiger partial charge in [0, 0.05) is 22.0 Å². The predicted octanol–water partition coefficient (Wildman–Crippen LogP) is 14.2. The highest BCUT2D eigenvalue weighted by atomic mass is 32.2. The third-order valence-electron chi connectivity index (χ3n) is 14.1. The summed E-state index contributed by atoms with van der Waals surface area (Å²) < 4.78 is 52.5. The van der Waals surface area contributed by atoms with Crippen molar-refractivity contribution in [2.24, 2.45) is 0 Å². The van der Waals surface area contributed by atoms with Crippen LogP contribution >= 0.6 is 0 Å². The molecule has 364 valence electrons. The van der Waals surface area contributed by atoms with Crippen molar-refractivity contribution in [3.63, 3.8) is 0 Å². The summed E-state index contributed by atoms with van der Waals surface area (Å²) in [6.07, 6.45) is 0. The second kappa shape index (κ2) is 19.1. The average Bonchev–Trinajstić information content (AvgIpc) is 4.00. The van der Waals surface area contributed by atoms with Crippen molar-refractivity contribution in [1.82, 2.24) is 0 Å². The van der Waals surface area contributed by atoms with E-state index in [9.17, 15) is 29.5 Å². The summed E-state index contributed by atoms with van der Waals surface area (Å²) in [6.45, 7) is 14.6. The van der Waals surface area contributed by atoms with Crippen molar-refractivity contribution in [3.8, 4) is 58.8 Å². The van der Waals surface area contributed by atoms with Crippen molar-refractivity contribution < 1.29 is 27.4 Å². The van der Waals surface area contributed by atoms with Gasteiger partial charge in [0.2, 0.25) is 9.84 Å². The van der Waals surface area contributed by atoms with E-state index in [0.717, 1.165) is 38.9 Å². The number of hydrogen-bond donors (Lipinski definition) is 0. The van der Waals surface area contributed by atoms with Crippen LogP contribution in [0.2, 0.25) is 0 Å². The molecule has 1 atom stereocenters. The van der Waals surface area contributed by atoms with Crippen molar-refractivity contribution in [3.05, 3.63) is 237 Å². The van der Waals surface area contributed by atoms with E-state index in [1.165, 1.54) is 0 Å². The zero-order chi connectivity index (χ0) is 52.6. The van der Waals surface area contributed by atoms with E-state index >= 15 is 0 Å². The van der Waals surface area contributed by atoms with E-state index in [0.29, 0.717) is 45.6 Å². The Morgan fingerprint density at radius 1 is 0.392 bits per heavy atom. The molecule has 0 aromatic heterocycles. The molecule has 0 amide bonds. The first-order chi connectivity index (χ1) is 35.3. The highest BCUT2D eigenvalue weighted by molar-refractivity contribution is 7.91. The van der Waals surface area contributed by atoms with Gasteiger partial charge in [-0.05, 0) is 158 Å². The molecule has 0 saturated carbocycles. The Kier molecular flexibility index (Phi) is 12.9. The molecule has 8 aromatic carbocycles. The normalized spacial score (nSPS) is 14.0. The summed E-state index contributed by atoms with van der Waals surface area (Å²) in [4.78, 5) is 0.271. The summed E-state index contributed by atoms with van der Waals surface area (Å²) in [7, 11) is -3.85. The lowest BCUT2D eigenvalue weighted by atomic mass is 9.77. The second-order valence-corrected chi connectivity index (χ2v) is 21.8. The summed E-state index contributed by atoms with van der Waals surface area (Å²) in [5, 5.41) is 37.4. The van der Waals surface area contributed by atoms with Gasteiger partial charge in [-0.1, -0.05) is 94.4 Å². The summed E-state index contributed by atoms with van der Waals surface area (Å²) in [5.74, 6) is 3.23. The molecular formula is C63H50N4O6S. The van der Waals surface area contributed by atoms with Crippen molar-refractivity contribution in [2.45, 2.75) is 80.3 Å². The van der Waals surface area contributed by atoms with Gasteiger partial charge in [-0.15, -0.1) is 0 Å². The van der Waals surface area contributed by atoms with Gasteiger partial charge in [-0.25, -0.2) is 8.42 Å². The van der Waals surface area contributed by atoms with Crippen LogP contribution in [0.5, 0.6) is 34.5 Å². The number of benzene rings is 8. The smallest absolute Gasteiger partial charge is 0.206 e. The maximum atomic E-state index is 13.8. The van der Waals surface area contributed by atoms with Gasteiger partial charge in [-0.2, -0.15) is 21.0 Å². The second-order valence-electron chi connectivity index (χ2n) is 19.9. The predicted molar refractivity (Wildman–Crippen MR) is 281 cm³/mol. The van der Waals surface area contributed by atoms with Gasteiger partial charge >= 0.3 is 0 Å². The van der Waals surface area contributed by atoms with E-state index in [-0.39, 0.29) is 31.7 Å². The lowest BCUT2D eigenvalue weighted by molar-refractivity contribution is 0.108. The molecule has 0 N–H and O–H groups in total. The van der Waals surface area contributed by atoms with Crippen LogP contribution in [0, 0.1) is 45.3 Å². The largest absolute Gasteiger partial charge is 0.483 e. The molecule has 9 rings (SSSR count). The Morgan fingerprint density at radius 2 is 0.757 bits per heavy atom. The number of fused-ring (bicyclic) bond motifs is 1. The van der Waals surface area contributed by atoms with Gasteiger partial charge < -0.3 is 18.9 Å². The van der Waals surface area contributed by atoms with E-state index in [1.807, 2.05) is 99.6 Å². The Labute approximate surface area is 432 Å². The van der Waals surface area contributed by atoms with Gasteiger partial charge in [0.15, 0.2) is 5.60 Å². The highest BCUT2D eigenvalue weighted by Gasteiger charge is 2.49. The van der Waals surface area contributed by atoms with Crippen LogP contribution in [0.15, 0.2) is 186 Å². The Bertz CT molecular complexity index is 3750. The lowest BCUT2D eigenvalue weighted by Gasteiger charge is -2.30. The van der Waals surface area contributed by atoms with E-state index in [2.05, 4.69) is 64.1 Å². The maximum absolute atomic E-state index is 13.8. The van der Waals surface area contributed by atoms with Gasteiger partial charge in [-0.3, -0.25) is 0 Å². The molecule has 8 aromatic rings. The van der Waals surface area contributed by atoms with Crippen LogP contribution in [-0.2, 0) is 31.9 Å². The first kappa shape index (κ1) is 49.8. The third-order valence-corrected chi connectivity index (χ3v) is 15.8. The van der Waals surface area contributed by atoms with Crippen molar-refractivity contribution in [2.75, 3.05) is 0 Å². The number of sulfone groups is 1. The van der Waals surface area contributed by atoms with Crippen LogP contribution in [0.3, 0.4) is 0 Å². The fourth-order valence-electron chi connectivity index (χ4n) is 9.17. The fourth-order valence-corrected chi connectivity index (χ4v) is 10.4. The summed E-state index contributed by atoms with van der Waals surface area (Å²) in [6, 6.07) is 61.0. The number of ether oxygens (including phenoxy) is 4. The molecule has 0 aliphatic heterocycles. The first-order valence-electron chi connectivity index (χ1n) is 23.8. The summed E-state index contributed by atoms with van der Waals surface area (Å²) in [5.41, 5.74) is 6.50. The SMILES string of the molecule is CC(C)(Oc1ccc(S(=O)(=O)c2ccc(Oc3ccc(C(C)(C)c4ccc5c(c4)C5(C)Oc4ccc(C#N)c(C#N)c4)cc3)cc2)cc1)c1ccc(C(C)(C)c2ccc(Oc3ccc(C#N)c(C#N)c3)cc2)cc1. The third kappa shape index (κ3) is 9.66. The first-order valence-corrected chi connectivity index (χ1v) is 25.3. The molecule has 0 saturated heterocycles. The zero-order valence-electron chi connectivity index (χ0n) is 41.9. The average molecular weight is 991 g/mol. The number of hydrogen-bond acceptors (Lipinski definition) is 10. The lowest BCUT2D eigenvalue weighted by Crippen LogP contribution is -2.26. The Hall–Kier alpha value is -9.13. The van der Waals surface area contributed by atoms with Gasteiger partial charge in [0.25, 0.3) is 0 Å². The van der Waals surface area contributed by atoms with Crippen LogP contribution in [0.25, 0.3) is 0 Å². The molecule has 0 radical (unpaired) electrons. The number of rotatable bonds is 15. The minimum absolute atomic E-state index is 0.134. The number of nitriles is 4. The van der Waals surface area contributed by atoms with E-state index in [4.69, 9.17) is 18.9 Å². The van der Waals surface area contributed by atoms with Crippen LogP contribution in [0.4, 0.5) is 0 Å². The standard InChI is InChI=1S/C63H50N4O6S/c1-60(2,46-14-23-51(24-15-46)71-54-19-8-41(37-64)43(34-54)39-66)45-10-12-48(13-11-45)62(5,6)72-53-27-31-57(32-28-53)74(68,69)56-29-25-52(26-30-56)70-50-21-16-47(17-22-50)61(3,4)49-18-33-58-59(36-49)63(58,7)73-55-20-9-42(38-65)44(35-55)40-67/h8-36H,1-7H3. The Morgan fingerprint density at radius 3 is 1.24 bits per heavy atom. The van der Waals surface area contributed by atoms with E-state index < -0.39 is 21.0 Å². The van der Waals surface area contributed by atoms with Crippen LogP contribution < -0.4 is 18.9 Å². The molecule has 1 aliphatic carbocycles. The summed E-state index contributed by atoms with van der Waals surface area (Å²) >= 11 is 0. The molecule has 0 spiro atoms. The monoisotopic (exact) mass is 990 g/mol. The quantitative estimate of drug-likeness (QED) is 0.0964. The van der Waals surface area contributed by atoms with Crippen molar-refractivity contribution >= 4 is 9.84 Å². The van der Waals surface area contributed by atoms with Crippen LogP contribution in [0.1, 0.15) is 110 Å². The molecule has 74 heavy (non-hydrogen) atoms.